The second kappa shape index (κ2) is 9.34. The molecular weight excluding hydrogens is 558 g/mol. The SMILES string of the molecule is CC1(C)c2ccc(-c3ccc(-c4nc(-n5cnc6ccccc65)nc(-n5nnc6ccccc65)n4)cn3)cc2C(C)(C)C1(C)C. The van der Waals surface area contributed by atoms with Crippen molar-refractivity contribution in [3.8, 4) is 34.5 Å². The molecule has 3 aromatic carbocycles. The Hall–Kier alpha value is -5.31. The number of benzene rings is 3. The largest absolute Gasteiger partial charge is 0.267 e. The zero-order valence-corrected chi connectivity index (χ0v) is 26.2. The predicted octanol–water partition coefficient (Wildman–Crippen LogP) is 7.27. The molecule has 0 atom stereocenters. The van der Waals surface area contributed by atoms with Gasteiger partial charge in [-0.2, -0.15) is 19.6 Å². The minimum atomic E-state index is 0.0164. The highest BCUT2D eigenvalue weighted by Crippen LogP contribution is 2.61. The maximum absolute atomic E-state index is 4.90. The minimum absolute atomic E-state index is 0.0164. The highest BCUT2D eigenvalue weighted by atomic mass is 15.5. The topological polar surface area (TPSA) is 100 Å². The van der Waals surface area contributed by atoms with Gasteiger partial charge in [-0.05, 0) is 69.8 Å². The summed E-state index contributed by atoms with van der Waals surface area (Å²) in [6, 6.07) is 26.5. The lowest BCUT2D eigenvalue weighted by atomic mass is 9.59. The summed E-state index contributed by atoms with van der Waals surface area (Å²) in [4.78, 5) is 24.0. The summed E-state index contributed by atoms with van der Waals surface area (Å²) in [7, 11) is 0. The lowest BCUT2D eigenvalue weighted by Crippen LogP contribution is -2.42. The number of hydrogen-bond acceptors (Lipinski definition) is 7. The summed E-state index contributed by atoms with van der Waals surface area (Å²) in [5, 5.41) is 8.69. The van der Waals surface area contributed by atoms with Crippen LogP contribution in [-0.4, -0.2) is 44.5 Å². The molecule has 8 rings (SSSR count). The van der Waals surface area contributed by atoms with Crippen LogP contribution in [0.25, 0.3) is 56.6 Å². The molecule has 0 aliphatic heterocycles. The highest BCUT2D eigenvalue weighted by Gasteiger charge is 2.56. The summed E-state index contributed by atoms with van der Waals surface area (Å²) in [5.74, 6) is 1.26. The van der Waals surface area contributed by atoms with Crippen molar-refractivity contribution in [3.05, 3.63) is 103 Å². The van der Waals surface area contributed by atoms with E-state index in [1.54, 1.807) is 11.0 Å². The van der Waals surface area contributed by atoms with Crippen LogP contribution < -0.4 is 0 Å². The number of para-hydroxylation sites is 3. The van der Waals surface area contributed by atoms with Crippen LogP contribution in [0.3, 0.4) is 0 Å². The minimum Gasteiger partial charge on any atom is -0.267 e. The second-order valence-corrected chi connectivity index (χ2v) is 13.4. The van der Waals surface area contributed by atoms with E-state index in [1.807, 2.05) is 71.4 Å². The molecule has 0 fully saturated rings. The number of fused-ring (bicyclic) bond motifs is 3. The van der Waals surface area contributed by atoms with E-state index in [2.05, 4.69) is 75.0 Å². The smallest absolute Gasteiger partial charge is 0.257 e. The zero-order valence-electron chi connectivity index (χ0n) is 26.2. The first-order valence-electron chi connectivity index (χ1n) is 15.2. The third-order valence-electron chi connectivity index (χ3n) is 10.6. The van der Waals surface area contributed by atoms with Crippen LogP contribution in [0.1, 0.15) is 52.7 Å². The van der Waals surface area contributed by atoms with Gasteiger partial charge in [-0.25, -0.2) is 4.98 Å². The summed E-state index contributed by atoms with van der Waals surface area (Å²) in [6.45, 7) is 14.2. The van der Waals surface area contributed by atoms with Gasteiger partial charge in [0.15, 0.2) is 5.82 Å². The molecule has 7 aromatic rings. The third-order valence-corrected chi connectivity index (χ3v) is 10.6. The van der Waals surface area contributed by atoms with Crippen molar-refractivity contribution >= 4 is 22.1 Å². The summed E-state index contributed by atoms with van der Waals surface area (Å²) in [6.07, 6.45) is 3.56. The van der Waals surface area contributed by atoms with Gasteiger partial charge in [0, 0.05) is 17.3 Å². The molecule has 1 aliphatic carbocycles. The molecule has 0 bridgehead atoms. The fourth-order valence-corrected chi connectivity index (χ4v) is 6.74. The van der Waals surface area contributed by atoms with Crippen LogP contribution in [0, 0.1) is 5.41 Å². The maximum atomic E-state index is 4.90. The number of aromatic nitrogens is 9. The molecule has 222 valence electrons. The van der Waals surface area contributed by atoms with E-state index in [9.17, 15) is 0 Å². The van der Waals surface area contributed by atoms with Crippen molar-refractivity contribution in [2.45, 2.75) is 52.4 Å². The van der Waals surface area contributed by atoms with E-state index in [0.29, 0.717) is 17.7 Å². The predicted molar refractivity (Wildman–Crippen MR) is 175 cm³/mol. The van der Waals surface area contributed by atoms with Crippen molar-refractivity contribution in [3.63, 3.8) is 0 Å². The standard InChI is InChI=1S/C36H33N9/c1-34(2)24-17-15-22(19-25(24)35(3,4)36(34,5)6)26-18-16-23(20-37-26)31-39-32(44-21-38-27-11-7-9-13-29(27)44)41-33(40-31)45-30-14-10-8-12-28(30)42-43-45/h7-21H,1-6H3. The molecule has 4 heterocycles. The van der Waals surface area contributed by atoms with E-state index >= 15 is 0 Å². The number of pyridine rings is 1. The molecule has 0 saturated heterocycles. The molecular formula is C36H33N9. The summed E-state index contributed by atoms with van der Waals surface area (Å²) in [5.41, 5.74) is 9.04. The van der Waals surface area contributed by atoms with Crippen LogP contribution in [0.4, 0.5) is 0 Å². The number of imidazole rings is 1. The van der Waals surface area contributed by atoms with Gasteiger partial charge in [0.2, 0.25) is 5.95 Å². The highest BCUT2D eigenvalue weighted by molar-refractivity contribution is 5.77. The van der Waals surface area contributed by atoms with E-state index in [0.717, 1.165) is 38.9 Å². The second-order valence-electron chi connectivity index (χ2n) is 13.4. The molecule has 0 unspecified atom stereocenters. The Balaban J connectivity index is 1.23. The van der Waals surface area contributed by atoms with Crippen molar-refractivity contribution in [2.75, 3.05) is 0 Å². The average Bonchev–Trinajstić information content (AvgIpc) is 3.71. The molecule has 0 radical (unpaired) electrons. The van der Waals surface area contributed by atoms with E-state index in [1.165, 1.54) is 11.1 Å². The van der Waals surface area contributed by atoms with Crippen LogP contribution in [0.5, 0.6) is 0 Å². The fraction of sp³-hybridized carbons (Fsp3) is 0.250. The van der Waals surface area contributed by atoms with Gasteiger partial charge in [-0.1, -0.05) is 83.2 Å². The molecule has 0 N–H and O–H groups in total. The van der Waals surface area contributed by atoms with Crippen molar-refractivity contribution in [1.82, 2.24) is 44.5 Å². The first kappa shape index (κ1) is 27.3. The number of nitrogens with zero attached hydrogens (tertiary/aromatic N) is 9. The molecule has 1 aliphatic rings. The van der Waals surface area contributed by atoms with Crippen LogP contribution >= 0.6 is 0 Å². The lowest BCUT2D eigenvalue weighted by Gasteiger charge is -2.44. The molecule has 4 aromatic heterocycles. The molecule has 9 heteroatoms. The molecule has 9 nitrogen and oxygen atoms in total. The first-order chi connectivity index (χ1) is 21.6. The normalized spacial score (nSPS) is 16.3. The van der Waals surface area contributed by atoms with Gasteiger partial charge >= 0.3 is 0 Å². The monoisotopic (exact) mass is 591 g/mol. The van der Waals surface area contributed by atoms with Crippen LogP contribution in [-0.2, 0) is 10.8 Å². The van der Waals surface area contributed by atoms with E-state index < -0.39 is 0 Å². The summed E-state index contributed by atoms with van der Waals surface area (Å²) < 4.78 is 3.50. The van der Waals surface area contributed by atoms with Crippen LogP contribution in [0.2, 0.25) is 0 Å². The Morgan fingerprint density at radius 3 is 2.07 bits per heavy atom. The van der Waals surface area contributed by atoms with Gasteiger partial charge in [0.05, 0.1) is 22.2 Å². The average molecular weight is 592 g/mol. The quantitative estimate of drug-likeness (QED) is 0.212. The first-order valence-corrected chi connectivity index (χ1v) is 15.2. The molecule has 45 heavy (non-hydrogen) atoms. The van der Waals surface area contributed by atoms with Gasteiger partial charge in [-0.3, -0.25) is 9.55 Å². The van der Waals surface area contributed by atoms with Gasteiger partial charge in [0.1, 0.15) is 11.8 Å². The lowest BCUT2D eigenvalue weighted by molar-refractivity contribution is 0.125. The maximum Gasteiger partial charge on any atom is 0.257 e. The molecule has 0 amide bonds. The van der Waals surface area contributed by atoms with Gasteiger partial charge in [0.25, 0.3) is 5.95 Å². The van der Waals surface area contributed by atoms with Crippen molar-refractivity contribution in [2.24, 2.45) is 5.41 Å². The number of hydrogen-bond donors (Lipinski definition) is 0. The third kappa shape index (κ3) is 3.89. The molecule has 0 spiro atoms. The van der Waals surface area contributed by atoms with Gasteiger partial charge in [-0.15, -0.1) is 5.10 Å². The molecule has 0 saturated carbocycles. The number of rotatable bonds is 4. The van der Waals surface area contributed by atoms with Gasteiger partial charge < -0.3 is 0 Å². The fourth-order valence-electron chi connectivity index (χ4n) is 6.74. The Bertz CT molecular complexity index is 2160. The Labute approximate surface area is 261 Å². The van der Waals surface area contributed by atoms with E-state index in [4.69, 9.17) is 19.9 Å². The Morgan fingerprint density at radius 2 is 1.29 bits per heavy atom. The Morgan fingerprint density at radius 1 is 0.600 bits per heavy atom. The van der Waals surface area contributed by atoms with Crippen molar-refractivity contribution < 1.29 is 0 Å². The van der Waals surface area contributed by atoms with E-state index in [-0.39, 0.29) is 16.2 Å². The Kier molecular flexibility index (Phi) is 5.66. The summed E-state index contributed by atoms with van der Waals surface area (Å²) >= 11 is 0. The zero-order chi connectivity index (χ0) is 31.1. The van der Waals surface area contributed by atoms with Crippen molar-refractivity contribution in [1.29, 1.82) is 0 Å². The van der Waals surface area contributed by atoms with Crippen LogP contribution in [0.15, 0.2) is 91.4 Å².